The Balaban J connectivity index is 1.70. The lowest BCUT2D eigenvalue weighted by atomic mass is 10.0. The lowest BCUT2D eigenvalue weighted by Crippen LogP contribution is -2.31. The van der Waals surface area contributed by atoms with Crippen LogP contribution in [0.25, 0.3) is 0 Å². The summed E-state index contributed by atoms with van der Waals surface area (Å²) in [6.07, 6.45) is 4.65. The molecule has 1 aromatic rings. The van der Waals surface area contributed by atoms with E-state index in [1.54, 1.807) is 12.1 Å². The van der Waals surface area contributed by atoms with Crippen LogP contribution in [0, 0.1) is 5.41 Å². The van der Waals surface area contributed by atoms with E-state index in [4.69, 9.17) is 0 Å². The molecule has 2 nitrogen and oxygen atoms in total. The van der Waals surface area contributed by atoms with Crippen molar-refractivity contribution >= 4 is 0 Å². The molecule has 0 radical (unpaired) electrons. The van der Waals surface area contributed by atoms with Gasteiger partial charge in [0, 0.05) is 12.6 Å². The van der Waals surface area contributed by atoms with Crippen molar-refractivity contribution in [1.82, 2.24) is 5.32 Å². The standard InChI is InChI=1S/C16H23F2NO/c1-12(19-11-16(2)9-10-16)3-4-13-5-7-14(8-6-13)20-15(17)18/h5-8,12,15,19H,3-4,9-11H2,1-2H3. The van der Waals surface area contributed by atoms with Gasteiger partial charge in [-0.1, -0.05) is 19.1 Å². The summed E-state index contributed by atoms with van der Waals surface area (Å²) < 4.78 is 28.4. The van der Waals surface area contributed by atoms with Crippen molar-refractivity contribution in [2.45, 2.75) is 52.2 Å². The summed E-state index contributed by atoms with van der Waals surface area (Å²) in [5, 5.41) is 3.57. The Morgan fingerprint density at radius 2 is 1.90 bits per heavy atom. The normalized spacial score (nSPS) is 18.1. The zero-order valence-corrected chi connectivity index (χ0v) is 12.2. The summed E-state index contributed by atoms with van der Waals surface area (Å²) in [5.74, 6) is 0.219. The van der Waals surface area contributed by atoms with Crippen molar-refractivity contribution in [3.05, 3.63) is 29.8 Å². The highest BCUT2D eigenvalue weighted by Crippen LogP contribution is 2.44. The predicted octanol–water partition coefficient (Wildman–Crippen LogP) is 4.00. The SMILES string of the molecule is CC(CCc1ccc(OC(F)F)cc1)NCC1(C)CC1. The molecule has 0 saturated heterocycles. The molecule has 1 atom stereocenters. The highest BCUT2D eigenvalue weighted by Gasteiger charge is 2.36. The Morgan fingerprint density at radius 1 is 1.25 bits per heavy atom. The second kappa shape index (κ2) is 6.53. The third kappa shape index (κ3) is 5.08. The van der Waals surface area contributed by atoms with Gasteiger partial charge in [-0.3, -0.25) is 0 Å². The van der Waals surface area contributed by atoms with Crippen molar-refractivity contribution in [1.29, 1.82) is 0 Å². The van der Waals surface area contributed by atoms with Crippen LogP contribution in [0.2, 0.25) is 0 Å². The molecule has 1 saturated carbocycles. The maximum absolute atomic E-state index is 12.0. The van der Waals surface area contributed by atoms with Crippen LogP contribution in [-0.2, 0) is 6.42 Å². The van der Waals surface area contributed by atoms with Gasteiger partial charge < -0.3 is 10.1 Å². The zero-order chi connectivity index (χ0) is 14.6. The Bertz CT molecular complexity index is 415. The maximum atomic E-state index is 12.0. The average Bonchev–Trinajstić information content (AvgIpc) is 3.14. The largest absolute Gasteiger partial charge is 0.435 e. The summed E-state index contributed by atoms with van der Waals surface area (Å²) >= 11 is 0. The fourth-order valence-corrected chi connectivity index (χ4v) is 2.13. The molecule has 0 amide bonds. The van der Waals surface area contributed by atoms with Crippen LogP contribution < -0.4 is 10.1 Å². The molecule has 1 aromatic carbocycles. The summed E-state index contributed by atoms with van der Waals surface area (Å²) in [4.78, 5) is 0. The average molecular weight is 283 g/mol. The fourth-order valence-electron chi connectivity index (χ4n) is 2.13. The number of aryl methyl sites for hydroxylation is 1. The van der Waals surface area contributed by atoms with Gasteiger partial charge in [-0.15, -0.1) is 0 Å². The number of alkyl halides is 2. The van der Waals surface area contributed by atoms with Crippen LogP contribution in [0.5, 0.6) is 5.75 Å². The second-order valence-corrected chi connectivity index (χ2v) is 6.15. The van der Waals surface area contributed by atoms with E-state index in [1.165, 1.54) is 12.8 Å². The van der Waals surface area contributed by atoms with Crippen LogP contribution in [0.15, 0.2) is 24.3 Å². The first-order valence-corrected chi connectivity index (χ1v) is 7.24. The maximum Gasteiger partial charge on any atom is 0.387 e. The zero-order valence-electron chi connectivity index (χ0n) is 12.2. The van der Waals surface area contributed by atoms with Crippen LogP contribution in [0.1, 0.15) is 38.7 Å². The highest BCUT2D eigenvalue weighted by atomic mass is 19.3. The van der Waals surface area contributed by atoms with E-state index in [-0.39, 0.29) is 5.75 Å². The quantitative estimate of drug-likeness (QED) is 0.778. The Labute approximate surface area is 119 Å². The summed E-state index contributed by atoms with van der Waals surface area (Å²) in [6.45, 7) is 2.85. The molecule has 0 spiro atoms. The molecule has 0 aromatic heterocycles. The van der Waals surface area contributed by atoms with Gasteiger partial charge in [0.15, 0.2) is 0 Å². The van der Waals surface area contributed by atoms with Gasteiger partial charge in [-0.2, -0.15) is 8.78 Å². The first-order valence-electron chi connectivity index (χ1n) is 7.24. The monoisotopic (exact) mass is 283 g/mol. The number of hydrogen-bond acceptors (Lipinski definition) is 2. The van der Waals surface area contributed by atoms with E-state index < -0.39 is 6.61 Å². The third-order valence-electron chi connectivity index (χ3n) is 4.00. The highest BCUT2D eigenvalue weighted by molar-refractivity contribution is 5.27. The van der Waals surface area contributed by atoms with Gasteiger partial charge >= 0.3 is 6.61 Å². The first-order chi connectivity index (χ1) is 9.47. The molecule has 112 valence electrons. The van der Waals surface area contributed by atoms with Crippen LogP contribution in [0.3, 0.4) is 0 Å². The van der Waals surface area contributed by atoms with E-state index in [9.17, 15) is 8.78 Å². The smallest absolute Gasteiger partial charge is 0.387 e. The molecule has 1 fully saturated rings. The second-order valence-electron chi connectivity index (χ2n) is 6.15. The van der Waals surface area contributed by atoms with E-state index in [0.717, 1.165) is 24.9 Å². The van der Waals surface area contributed by atoms with Gasteiger partial charge in [0.25, 0.3) is 0 Å². The van der Waals surface area contributed by atoms with Crippen molar-refractivity contribution in [3.63, 3.8) is 0 Å². The third-order valence-corrected chi connectivity index (χ3v) is 4.00. The van der Waals surface area contributed by atoms with Crippen LogP contribution >= 0.6 is 0 Å². The topological polar surface area (TPSA) is 21.3 Å². The molecule has 0 aliphatic heterocycles. The summed E-state index contributed by atoms with van der Waals surface area (Å²) in [7, 11) is 0. The molecule has 0 heterocycles. The molecule has 2 rings (SSSR count). The number of hydrogen-bond donors (Lipinski definition) is 1. The molecule has 1 aliphatic carbocycles. The van der Waals surface area contributed by atoms with E-state index in [0.29, 0.717) is 11.5 Å². The number of halogens is 2. The molecule has 20 heavy (non-hydrogen) atoms. The molecule has 1 unspecified atom stereocenters. The lowest BCUT2D eigenvalue weighted by Gasteiger charge is -2.17. The predicted molar refractivity (Wildman–Crippen MR) is 76.2 cm³/mol. The summed E-state index contributed by atoms with van der Waals surface area (Å²) in [6, 6.07) is 7.39. The molecule has 1 N–H and O–H groups in total. The van der Waals surface area contributed by atoms with Gasteiger partial charge in [0.05, 0.1) is 0 Å². The molecular weight excluding hydrogens is 260 g/mol. The molecule has 0 bridgehead atoms. The number of nitrogens with one attached hydrogen (secondary N) is 1. The van der Waals surface area contributed by atoms with Crippen LogP contribution in [-0.4, -0.2) is 19.2 Å². The minimum atomic E-state index is -2.76. The fraction of sp³-hybridized carbons (Fsp3) is 0.625. The van der Waals surface area contributed by atoms with Crippen molar-refractivity contribution in [2.75, 3.05) is 6.54 Å². The Kier molecular flexibility index (Phi) is 4.97. The van der Waals surface area contributed by atoms with E-state index >= 15 is 0 Å². The van der Waals surface area contributed by atoms with Gasteiger partial charge in [-0.25, -0.2) is 0 Å². The van der Waals surface area contributed by atoms with Gasteiger partial charge in [-0.05, 0) is 55.7 Å². The molecular formula is C16H23F2NO. The number of benzene rings is 1. The Hall–Kier alpha value is -1.16. The van der Waals surface area contributed by atoms with E-state index in [1.807, 2.05) is 12.1 Å². The van der Waals surface area contributed by atoms with Crippen LogP contribution in [0.4, 0.5) is 8.78 Å². The lowest BCUT2D eigenvalue weighted by molar-refractivity contribution is -0.0498. The number of rotatable bonds is 8. The summed E-state index contributed by atoms with van der Waals surface area (Å²) in [5.41, 5.74) is 1.68. The molecule has 4 heteroatoms. The first kappa shape index (κ1) is 15.2. The van der Waals surface area contributed by atoms with Crippen molar-refractivity contribution in [3.8, 4) is 5.75 Å². The minimum Gasteiger partial charge on any atom is -0.435 e. The Morgan fingerprint density at radius 3 is 2.45 bits per heavy atom. The minimum absolute atomic E-state index is 0.219. The van der Waals surface area contributed by atoms with Crippen molar-refractivity contribution in [2.24, 2.45) is 5.41 Å². The van der Waals surface area contributed by atoms with Gasteiger partial charge in [0.1, 0.15) is 5.75 Å². The van der Waals surface area contributed by atoms with Gasteiger partial charge in [0.2, 0.25) is 0 Å². The number of ether oxygens (including phenoxy) is 1. The van der Waals surface area contributed by atoms with Crippen molar-refractivity contribution < 1.29 is 13.5 Å². The molecule has 1 aliphatic rings. The van der Waals surface area contributed by atoms with E-state index in [2.05, 4.69) is 23.9 Å².